The maximum absolute atomic E-state index is 14.2. The molecule has 5 rings (SSSR count). The molecule has 1 N–H and O–H groups in total. The van der Waals surface area contributed by atoms with E-state index in [0.29, 0.717) is 21.1 Å². The number of anilines is 1. The van der Waals surface area contributed by atoms with E-state index in [4.69, 9.17) is 11.6 Å². The highest BCUT2D eigenvalue weighted by atomic mass is 35.5. The number of fused-ring (bicyclic) bond motifs is 1. The van der Waals surface area contributed by atoms with Gasteiger partial charge in [-0.05, 0) is 13.0 Å². The minimum Gasteiger partial charge on any atom is -0.320 e. The molecule has 0 aliphatic rings. The van der Waals surface area contributed by atoms with Crippen molar-refractivity contribution in [2.24, 2.45) is 0 Å². The molecule has 0 fully saturated rings. The Hall–Kier alpha value is -4.32. The summed E-state index contributed by atoms with van der Waals surface area (Å²) in [6.07, 6.45) is 1.36. The zero-order valence-electron chi connectivity index (χ0n) is 17.8. The number of aromatic nitrogens is 7. The fourth-order valence-electron chi connectivity index (χ4n) is 3.63. The van der Waals surface area contributed by atoms with Crippen molar-refractivity contribution >= 4 is 34.0 Å². The topological polar surface area (TPSA) is 103 Å². The Morgan fingerprint density at radius 1 is 1.00 bits per heavy atom. The van der Waals surface area contributed by atoms with Crippen LogP contribution in [0.4, 0.5) is 18.9 Å². The fraction of sp³-hybridized carbons (Fsp3) is 0.0909. The number of amides is 1. The summed E-state index contributed by atoms with van der Waals surface area (Å²) in [7, 11) is 0. The Bertz CT molecular complexity index is 1560. The molecule has 176 valence electrons. The van der Waals surface area contributed by atoms with E-state index >= 15 is 0 Å². The number of nitrogens with one attached hydrogen (secondary N) is 1. The molecule has 13 heteroatoms. The Kier molecular flexibility index (Phi) is 5.44. The maximum Gasteiger partial charge on any atom is 0.434 e. The first-order chi connectivity index (χ1) is 16.7. The molecule has 0 bridgehead atoms. The van der Waals surface area contributed by atoms with Gasteiger partial charge in [0.2, 0.25) is 0 Å². The smallest absolute Gasteiger partial charge is 0.320 e. The van der Waals surface area contributed by atoms with Crippen LogP contribution in [0.5, 0.6) is 0 Å². The van der Waals surface area contributed by atoms with Gasteiger partial charge in [0.05, 0.1) is 52.9 Å². The van der Waals surface area contributed by atoms with Crippen LogP contribution in [-0.2, 0) is 6.18 Å². The van der Waals surface area contributed by atoms with E-state index in [1.54, 1.807) is 31.2 Å². The summed E-state index contributed by atoms with van der Waals surface area (Å²) in [6.45, 7) is 1.76. The zero-order valence-corrected chi connectivity index (χ0v) is 18.6. The van der Waals surface area contributed by atoms with Crippen LogP contribution in [0.15, 0.2) is 61.3 Å². The largest absolute Gasteiger partial charge is 0.434 e. The highest BCUT2D eigenvalue weighted by Crippen LogP contribution is 2.35. The summed E-state index contributed by atoms with van der Waals surface area (Å²) in [5.74, 6) is -0.840. The van der Waals surface area contributed by atoms with E-state index < -0.39 is 23.3 Å². The second-order valence-electron chi connectivity index (χ2n) is 7.39. The molecule has 0 spiro atoms. The van der Waals surface area contributed by atoms with Gasteiger partial charge in [-0.1, -0.05) is 35.9 Å². The van der Waals surface area contributed by atoms with Gasteiger partial charge in [0, 0.05) is 16.5 Å². The Balaban J connectivity index is 1.54. The van der Waals surface area contributed by atoms with Crippen LogP contribution in [0.25, 0.3) is 22.3 Å². The van der Waals surface area contributed by atoms with Gasteiger partial charge < -0.3 is 5.32 Å². The molecule has 0 aliphatic heterocycles. The fourth-order valence-corrected chi connectivity index (χ4v) is 3.87. The lowest BCUT2D eigenvalue weighted by molar-refractivity contribution is -0.143. The number of hydrogen-bond acceptors (Lipinski definition) is 6. The van der Waals surface area contributed by atoms with Crippen molar-refractivity contribution in [1.29, 1.82) is 0 Å². The molecule has 0 unspecified atom stereocenters. The molecule has 0 saturated carbocycles. The van der Waals surface area contributed by atoms with Crippen LogP contribution in [0.2, 0.25) is 5.02 Å². The van der Waals surface area contributed by atoms with Gasteiger partial charge in [-0.3, -0.25) is 9.78 Å². The van der Waals surface area contributed by atoms with Crippen molar-refractivity contribution in [3.63, 3.8) is 0 Å². The minimum absolute atomic E-state index is 0.0826. The molecule has 1 amide bonds. The molecule has 0 atom stereocenters. The number of benzene rings is 1. The van der Waals surface area contributed by atoms with Gasteiger partial charge >= 0.3 is 6.18 Å². The average molecular weight is 499 g/mol. The number of alkyl halides is 3. The SMILES string of the molecule is Cc1ncc(-n2ncc(C(=O)Nc3cnc(-n4nccn4)c(Cl)c3)c2C(F)(F)F)c2ccccc12. The lowest BCUT2D eigenvalue weighted by Gasteiger charge is -2.15. The number of carbonyl (C=O) groups excluding carboxylic acids is 1. The Morgan fingerprint density at radius 3 is 2.40 bits per heavy atom. The minimum atomic E-state index is -4.89. The van der Waals surface area contributed by atoms with Gasteiger partial charge in [-0.15, -0.1) is 4.80 Å². The van der Waals surface area contributed by atoms with Gasteiger partial charge in [0.1, 0.15) is 0 Å². The summed E-state index contributed by atoms with van der Waals surface area (Å²) in [5.41, 5.74) is -1.07. The van der Waals surface area contributed by atoms with Crippen molar-refractivity contribution in [2.45, 2.75) is 13.1 Å². The monoisotopic (exact) mass is 498 g/mol. The molecule has 4 heterocycles. The summed E-state index contributed by atoms with van der Waals surface area (Å²) < 4.78 is 43.2. The molecular formula is C22H14ClF3N8O. The second-order valence-corrected chi connectivity index (χ2v) is 7.80. The van der Waals surface area contributed by atoms with E-state index in [-0.39, 0.29) is 22.2 Å². The molecule has 0 saturated heterocycles. The summed E-state index contributed by atoms with van der Waals surface area (Å²) >= 11 is 6.19. The van der Waals surface area contributed by atoms with Gasteiger partial charge in [0.25, 0.3) is 5.91 Å². The second kappa shape index (κ2) is 8.47. The zero-order chi connectivity index (χ0) is 24.7. The number of nitrogens with zero attached hydrogens (tertiary/aromatic N) is 7. The number of aryl methyl sites for hydroxylation is 1. The third-order valence-electron chi connectivity index (χ3n) is 5.17. The van der Waals surface area contributed by atoms with Crippen LogP contribution >= 0.6 is 11.6 Å². The van der Waals surface area contributed by atoms with E-state index in [0.717, 1.165) is 6.20 Å². The normalized spacial score (nSPS) is 11.7. The molecular weight excluding hydrogens is 485 g/mol. The van der Waals surface area contributed by atoms with Crippen LogP contribution in [0.1, 0.15) is 21.7 Å². The maximum atomic E-state index is 14.2. The van der Waals surface area contributed by atoms with Crippen LogP contribution < -0.4 is 5.32 Å². The molecule has 35 heavy (non-hydrogen) atoms. The standard InChI is InChI=1S/C22H14ClF3N8O/c1-12-14-4-2-3-5-15(14)18(11-27-12)33-19(22(24,25)26)16(10-31-33)21(35)32-13-8-17(23)20(28-9-13)34-29-6-7-30-34/h2-11H,1H3,(H,32,35). The summed E-state index contributed by atoms with van der Waals surface area (Å²) in [5, 5.41) is 15.4. The van der Waals surface area contributed by atoms with E-state index in [1.165, 1.54) is 35.7 Å². The first-order valence-corrected chi connectivity index (χ1v) is 10.5. The summed E-state index contributed by atoms with van der Waals surface area (Å²) in [4.78, 5) is 22.3. The number of rotatable bonds is 4. The van der Waals surface area contributed by atoms with E-state index in [2.05, 4.69) is 30.6 Å². The third kappa shape index (κ3) is 4.08. The van der Waals surface area contributed by atoms with Crippen LogP contribution in [0, 0.1) is 6.92 Å². The van der Waals surface area contributed by atoms with Gasteiger partial charge in [0.15, 0.2) is 11.5 Å². The first kappa shape index (κ1) is 22.5. The number of hydrogen-bond donors (Lipinski definition) is 1. The van der Waals surface area contributed by atoms with Crippen LogP contribution in [-0.4, -0.2) is 40.6 Å². The Morgan fingerprint density at radius 2 is 1.71 bits per heavy atom. The number of halogens is 4. The molecule has 1 aromatic carbocycles. The molecule has 0 radical (unpaired) electrons. The van der Waals surface area contributed by atoms with Crippen molar-refractivity contribution < 1.29 is 18.0 Å². The van der Waals surface area contributed by atoms with Crippen molar-refractivity contribution in [1.82, 2.24) is 34.7 Å². The molecule has 0 aliphatic carbocycles. The third-order valence-corrected chi connectivity index (χ3v) is 5.45. The average Bonchev–Trinajstić information content (AvgIpc) is 3.50. The van der Waals surface area contributed by atoms with E-state index in [1.807, 2.05) is 0 Å². The lowest BCUT2D eigenvalue weighted by Crippen LogP contribution is -2.21. The first-order valence-electron chi connectivity index (χ1n) is 10.1. The molecule has 5 aromatic rings. The van der Waals surface area contributed by atoms with E-state index in [9.17, 15) is 18.0 Å². The molecule has 9 nitrogen and oxygen atoms in total. The van der Waals surface area contributed by atoms with Crippen molar-refractivity contribution in [3.8, 4) is 11.5 Å². The van der Waals surface area contributed by atoms with Crippen LogP contribution in [0.3, 0.4) is 0 Å². The predicted molar refractivity (Wildman–Crippen MR) is 121 cm³/mol. The highest BCUT2D eigenvalue weighted by molar-refractivity contribution is 6.32. The Labute approximate surface area is 200 Å². The van der Waals surface area contributed by atoms with Crippen molar-refractivity contribution in [3.05, 3.63) is 83.3 Å². The van der Waals surface area contributed by atoms with Gasteiger partial charge in [-0.25, -0.2) is 9.67 Å². The number of pyridine rings is 2. The van der Waals surface area contributed by atoms with Gasteiger partial charge in [-0.2, -0.15) is 28.5 Å². The predicted octanol–water partition coefficient (Wildman–Crippen LogP) is 4.63. The highest BCUT2D eigenvalue weighted by Gasteiger charge is 2.41. The van der Waals surface area contributed by atoms with Crippen molar-refractivity contribution in [2.75, 3.05) is 5.32 Å². The molecule has 4 aromatic heterocycles. The number of carbonyl (C=O) groups is 1. The summed E-state index contributed by atoms with van der Waals surface area (Å²) in [6, 6.07) is 8.23. The lowest BCUT2D eigenvalue weighted by atomic mass is 10.1. The quantitative estimate of drug-likeness (QED) is 0.387.